The lowest BCUT2D eigenvalue weighted by Gasteiger charge is -2.16. The standard InChI is InChI=1S/C11H9N3O4/c12-5-7-3-11(16)13(6-7)9-2-1-8(14(17)18)4-10(9)15/h1-2,4,7,15H,3,6H2. The van der Waals surface area contributed by atoms with Gasteiger partial charge in [0.05, 0.1) is 28.7 Å². The first-order chi connectivity index (χ1) is 8.52. The molecule has 1 aromatic rings. The second-order valence-corrected chi connectivity index (χ2v) is 3.96. The third kappa shape index (κ3) is 1.96. The van der Waals surface area contributed by atoms with Crippen LogP contribution in [0.1, 0.15) is 6.42 Å². The van der Waals surface area contributed by atoms with E-state index in [1.54, 1.807) is 0 Å². The lowest BCUT2D eigenvalue weighted by molar-refractivity contribution is -0.384. The Morgan fingerprint density at radius 2 is 2.28 bits per heavy atom. The second kappa shape index (κ2) is 4.33. The summed E-state index contributed by atoms with van der Waals surface area (Å²) in [5.41, 5.74) is -0.0527. The van der Waals surface area contributed by atoms with Crippen LogP contribution in [0.15, 0.2) is 18.2 Å². The highest BCUT2D eigenvalue weighted by atomic mass is 16.6. The third-order valence-electron chi connectivity index (χ3n) is 2.77. The Kier molecular flexibility index (Phi) is 2.85. The van der Waals surface area contributed by atoms with Crippen LogP contribution in [0.2, 0.25) is 0 Å². The minimum absolute atomic E-state index is 0.104. The summed E-state index contributed by atoms with van der Waals surface area (Å²) < 4.78 is 0. The SMILES string of the molecule is N#CC1CC(=O)N(c2ccc([N+](=O)[O-])cc2O)C1. The van der Waals surface area contributed by atoms with Crippen molar-refractivity contribution in [1.29, 1.82) is 5.26 Å². The zero-order valence-electron chi connectivity index (χ0n) is 9.24. The predicted octanol–water partition coefficient (Wildman–Crippen LogP) is 1.18. The number of phenolic OH excluding ortho intramolecular Hbond substituents is 1. The number of hydrogen-bond acceptors (Lipinski definition) is 5. The number of nitrogens with zero attached hydrogens (tertiary/aromatic N) is 3. The Morgan fingerprint density at radius 1 is 1.56 bits per heavy atom. The molecule has 7 heteroatoms. The minimum Gasteiger partial charge on any atom is -0.505 e. The summed E-state index contributed by atoms with van der Waals surface area (Å²) >= 11 is 0. The first kappa shape index (κ1) is 11.9. The number of nitro benzene ring substituents is 1. The van der Waals surface area contributed by atoms with Crippen LogP contribution in [-0.4, -0.2) is 22.5 Å². The summed E-state index contributed by atoms with van der Waals surface area (Å²) in [5.74, 6) is -1.02. The molecule has 0 saturated carbocycles. The molecule has 2 rings (SSSR count). The van der Waals surface area contributed by atoms with Crippen LogP contribution in [0.5, 0.6) is 5.75 Å². The van der Waals surface area contributed by atoms with Gasteiger partial charge in [-0.2, -0.15) is 5.26 Å². The fourth-order valence-corrected chi connectivity index (χ4v) is 1.88. The molecule has 1 atom stereocenters. The summed E-state index contributed by atoms with van der Waals surface area (Å²) in [4.78, 5) is 22.8. The number of aromatic hydroxyl groups is 1. The molecular weight excluding hydrogens is 238 g/mol. The quantitative estimate of drug-likeness (QED) is 0.623. The van der Waals surface area contributed by atoms with Gasteiger partial charge in [-0.3, -0.25) is 14.9 Å². The number of amides is 1. The van der Waals surface area contributed by atoms with E-state index in [1.165, 1.54) is 17.0 Å². The Balaban J connectivity index is 2.33. The molecule has 0 spiro atoms. The molecule has 1 saturated heterocycles. The maximum atomic E-state index is 11.6. The summed E-state index contributed by atoms with van der Waals surface area (Å²) in [6.45, 7) is 0.195. The van der Waals surface area contributed by atoms with Gasteiger partial charge in [-0.15, -0.1) is 0 Å². The molecule has 1 amide bonds. The fraction of sp³-hybridized carbons (Fsp3) is 0.273. The highest BCUT2D eigenvalue weighted by Gasteiger charge is 2.32. The summed E-state index contributed by atoms with van der Waals surface area (Å²) in [5, 5.41) is 29.0. The fourth-order valence-electron chi connectivity index (χ4n) is 1.88. The number of carbonyl (C=O) groups excluding carboxylic acids is 1. The van der Waals surface area contributed by atoms with E-state index in [1.807, 2.05) is 6.07 Å². The third-order valence-corrected chi connectivity index (χ3v) is 2.77. The Hall–Kier alpha value is -2.62. The van der Waals surface area contributed by atoms with Crippen molar-refractivity contribution in [2.45, 2.75) is 6.42 Å². The van der Waals surface area contributed by atoms with Gasteiger partial charge in [-0.05, 0) is 6.07 Å². The first-order valence-electron chi connectivity index (χ1n) is 5.20. The summed E-state index contributed by atoms with van der Waals surface area (Å²) in [7, 11) is 0. The zero-order valence-corrected chi connectivity index (χ0v) is 9.24. The van der Waals surface area contributed by atoms with Gasteiger partial charge in [0.2, 0.25) is 5.91 Å². The van der Waals surface area contributed by atoms with Crippen molar-refractivity contribution >= 4 is 17.3 Å². The molecule has 1 fully saturated rings. The van der Waals surface area contributed by atoms with Gasteiger partial charge in [0.1, 0.15) is 5.75 Å². The number of hydrogen-bond donors (Lipinski definition) is 1. The van der Waals surface area contributed by atoms with Crippen molar-refractivity contribution in [3.8, 4) is 11.8 Å². The number of benzene rings is 1. The van der Waals surface area contributed by atoms with Crippen molar-refractivity contribution in [2.75, 3.05) is 11.4 Å². The van der Waals surface area contributed by atoms with Crippen LogP contribution in [0.3, 0.4) is 0 Å². The lowest BCUT2D eigenvalue weighted by Crippen LogP contribution is -2.24. The van der Waals surface area contributed by atoms with Crippen LogP contribution >= 0.6 is 0 Å². The molecule has 1 aromatic carbocycles. The lowest BCUT2D eigenvalue weighted by atomic mass is 10.1. The minimum atomic E-state index is -0.632. The number of nitriles is 1. The van der Waals surface area contributed by atoms with Crippen molar-refractivity contribution in [3.05, 3.63) is 28.3 Å². The normalized spacial score (nSPS) is 18.7. The van der Waals surface area contributed by atoms with Crippen LogP contribution in [-0.2, 0) is 4.79 Å². The van der Waals surface area contributed by atoms with Crippen molar-refractivity contribution in [2.24, 2.45) is 5.92 Å². The molecule has 0 radical (unpaired) electrons. The van der Waals surface area contributed by atoms with Crippen molar-refractivity contribution < 1.29 is 14.8 Å². The van der Waals surface area contributed by atoms with E-state index in [2.05, 4.69) is 0 Å². The van der Waals surface area contributed by atoms with Crippen LogP contribution in [0, 0.1) is 27.4 Å². The van der Waals surface area contributed by atoms with Crippen molar-refractivity contribution in [3.63, 3.8) is 0 Å². The first-order valence-corrected chi connectivity index (χ1v) is 5.20. The number of nitro groups is 1. The molecule has 92 valence electrons. The molecule has 0 bridgehead atoms. The number of anilines is 1. The highest BCUT2D eigenvalue weighted by molar-refractivity contribution is 5.97. The molecule has 0 aliphatic carbocycles. The summed E-state index contributed by atoms with van der Waals surface area (Å²) in [6.07, 6.45) is 0.104. The topological polar surface area (TPSA) is 107 Å². The molecule has 0 aromatic heterocycles. The monoisotopic (exact) mass is 247 g/mol. The van der Waals surface area contributed by atoms with E-state index in [0.717, 1.165) is 6.07 Å². The Morgan fingerprint density at radius 3 is 2.78 bits per heavy atom. The predicted molar refractivity (Wildman–Crippen MR) is 60.8 cm³/mol. The van der Waals surface area contributed by atoms with E-state index in [0.29, 0.717) is 0 Å². The molecule has 7 nitrogen and oxygen atoms in total. The average Bonchev–Trinajstić information content (AvgIpc) is 2.70. The molecule has 1 N–H and O–H groups in total. The molecule has 1 unspecified atom stereocenters. The Bertz CT molecular complexity index is 564. The van der Waals surface area contributed by atoms with Gasteiger partial charge in [0.15, 0.2) is 0 Å². The maximum Gasteiger partial charge on any atom is 0.273 e. The molecule has 1 aliphatic heterocycles. The van der Waals surface area contributed by atoms with E-state index in [9.17, 15) is 20.0 Å². The van der Waals surface area contributed by atoms with E-state index in [4.69, 9.17) is 5.26 Å². The molecule has 1 heterocycles. The van der Waals surface area contributed by atoms with E-state index < -0.39 is 10.8 Å². The van der Waals surface area contributed by atoms with Crippen LogP contribution in [0.4, 0.5) is 11.4 Å². The molecular formula is C11H9N3O4. The van der Waals surface area contributed by atoms with Gasteiger partial charge in [-0.1, -0.05) is 0 Å². The summed E-state index contributed by atoms with van der Waals surface area (Å²) in [6, 6.07) is 5.50. The smallest absolute Gasteiger partial charge is 0.273 e. The number of phenols is 1. The Labute approximate surface area is 102 Å². The van der Waals surface area contributed by atoms with Gasteiger partial charge in [0, 0.05) is 19.0 Å². The van der Waals surface area contributed by atoms with Gasteiger partial charge in [0.25, 0.3) is 5.69 Å². The van der Waals surface area contributed by atoms with Gasteiger partial charge < -0.3 is 10.0 Å². The molecule has 1 aliphatic rings. The maximum absolute atomic E-state index is 11.6. The van der Waals surface area contributed by atoms with Crippen LogP contribution in [0.25, 0.3) is 0 Å². The largest absolute Gasteiger partial charge is 0.505 e. The highest BCUT2D eigenvalue weighted by Crippen LogP contribution is 2.34. The number of carbonyl (C=O) groups is 1. The number of non-ortho nitro benzene ring substituents is 1. The van der Waals surface area contributed by atoms with Gasteiger partial charge >= 0.3 is 0 Å². The molecule has 18 heavy (non-hydrogen) atoms. The number of rotatable bonds is 2. The average molecular weight is 247 g/mol. The van der Waals surface area contributed by atoms with Crippen molar-refractivity contribution in [1.82, 2.24) is 0 Å². The van der Waals surface area contributed by atoms with Crippen LogP contribution < -0.4 is 4.90 Å². The van der Waals surface area contributed by atoms with E-state index >= 15 is 0 Å². The second-order valence-electron chi connectivity index (χ2n) is 3.96. The zero-order chi connectivity index (χ0) is 13.3. The van der Waals surface area contributed by atoms with E-state index in [-0.39, 0.29) is 36.0 Å². The van der Waals surface area contributed by atoms with Gasteiger partial charge in [-0.25, -0.2) is 0 Å².